The van der Waals surface area contributed by atoms with Crippen molar-refractivity contribution in [2.75, 3.05) is 31.2 Å². The van der Waals surface area contributed by atoms with E-state index in [-0.39, 0.29) is 5.75 Å². The normalized spacial score (nSPS) is 22.6. The number of nitrogens with zero attached hydrogens (tertiary/aromatic N) is 1. The van der Waals surface area contributed by atoms with E-state index >= 15 is 0 Å². The standard InChI is InChI=1S/C22H28N2O2S/c1-24-12-5-6-19(24)15-18-16-23-22-10-9-17(14-21(18)22)11-13-27(25,26)20-7-3-2-4-8-20/h2-4,7-10,14,18-19,23H,5-6,11-13,15-16H2,1H3/t18?,19-/m1/s1. The molecular weight excluding hydrogens is 356 g/mol. The van der Waals surface area contributed by atoms with Crippen LogP contribution < -0.4 is 5.32 Å². The Morgan fingerprint density at radius 2 is 1.96 bits per heavy atom. The quantitative estimate of drug-likeness (QED) is 0.825. The summed E-state index contributed by atoms with van der Waals surface area (Å²) in [7, 11) is -1.01. The first kappa shape index (κ1) is 18.5. The van der Waals surface area contributed by atoms with Crippen LogP contribution in [0.1, 0.15) is 36.3 Å². The van der Waals surface area contributed by atoms with Gasteiger partial charge in [-0.05, 0) is 68.6 Å². The Morgan fingerprint density at radius 1 is 1.15 bits per heavy atom. The molecule has 2 aliphatic rings. The van der Waals surface area contributed by atoms with E-state index in [1.54, 1.807) is 24.3 Å². The fourth-order valence-corrected chi connectivity index (χ4v) is 5.74. The molecule has 2 atom stereocenters. The molecule has 2 aromatic carbocycles. The highest BCUT2D eigenvalue weighted by Gasteiger charge is 2.29. The van der Waals surface area contributed by atoms with Crippen molar-refractivity contribution in [1.29, 1.82) is 0 Å². The Bertz CT molecular complexity index is 896. The third-order valence-corrected chi connectivity index (χ3v) is 7.82. The molecule has 0 saturated carbocycles. The van der Waals surface area contributed by atoms with Crippen molar-refractivity contribution >= 4 is 15.5 Å². The van der Waals surface area contributed by atoms with Crippen LogP contribution in [0.5, 0.6) is 0 Å². The van der Waals surface area contributed by atoms with Crippen LogP contribution in [-0.4, -0.2) is 45.2 Å². The van der Waals surface area contributed by atoms with Gasteiger partial charge in [-0.25, -0.2) is 8.42 Å². The number of likely N-dealkylation sites (tertiary alicyclic amines) is 1. The summed E-state index contributed by atoms with van der Waals surface area (Å²) < 4.78 is 25.1. The second-order valence-electron chi connectivity index (χ2n) is 7.89. The van der Waals surface area contributed by atoms with Crippen LogP contribution in [0.3, 0.4) is 0 Å². The number of benzene rings is 2. The molecule has 0 amide bonds. The molecule has 144 valence electrons. The van der Waals surface area contributed by atoms with Gasteiger partial charge >= 0.3 is 0 Å². The number of hydrogen-bond donors (Lipinski definition) is 1. The predicted octanol–water partition coefficient (Wildman–Crippen LogP) is 3.70. The Hall–Kier alpha value is -1.85. The molecule has 0 aliphatic carbocycles. The van der Waals surface area contributed by atoms with E-state index in [9.17, 15) is 8.42 Å². The average molecular weight is 385 g/mol. The summed E-state index contributed by atoms with van der Waals surface area (Å²) >= 11 is 0. The van der Waals surface area contributed by atoms with Gasteiger partial charge in [-0.1, -0.05) is 30.3 Å². The molecule has 0 radical (unpaired) electrons. The van der Waals surface area contributed by atoms with Crippen LogP contribution in [0.2, 0.25) is 0 Å². The summed E-state index contributed by atoms with van der Waals surface area (Å²) in [6, 6.07) is 15.8. The number of nitrogens with one attached hydrogen (secondary N) is 1. The van der Waals surface area contributed by atoms with Crippen LogP contribution in [-0.2, 0) is 16.3 Å². The molecule has 1 unspecified atom stereocenters. The second-order valence-corrected chi connectivity index (χ2v) is 10.0. The van der Waals surface area contributed by atoms with Crippen molar-refractivity contribution in [1.82, 2.24) is 4.90 Å². The van der Waals surface area contributed by atoms with Gasteiger partial charge in [0.25, 0.3) is 0 Å². The Kier molecular flexibility index (Phi) is 5.24. The van der Waals surface area contributed by atoms with E-state index in [0.717, 1.165) is 12.1 Å². The lowest BCUT2D eigenvalue weighted by atomic mass is 9.91. The summed E-state index contributed by atoms with van der Waals surface area (Å²) in [5, 5.41) is 3.53. The number of rotatable bonds is 6. The van der Waals surface area contributed by atoms with Crippen molar-refractivity contribution < 1.29 is 8.42 Å². The lowest BCUT2D eigenvalue weighted by Gasteiger charge is -2.23. The van der Waals surface area contributed by atoms with E-state index in [0.29, 0.717) is 23.3 Å². The van der Waals surface area contributed by atoms with E-state index in [1.165, 1.54) is 37.1 Å². The summed E-state index contributed by atoms with van der Waals surface area (Å²) in [4.78, 5) is 2.89. The van der Waals surface area contributed by atoms with E-state index < -0.39 is 9.84 Å². The highest BCUT2D eigenvalue weighted by Crippen LogP contribution is 2.37. The maximum Gasteiger partial charge on any atom is 0.178 e. The lowest BCUT2D eigenvalue weighted by Crippen LogP contribution is -2.27. The molecule has 0 aromatic heterocycles. The highest BCUT2D eigenvalue weighted by molar-refractivity contribution is 7.91. The summed E-state index contributed by atoms with van der Waals surface area (Å²) in [5.74, 6) is 0.676. The second kappa shape index (κ2) is 7.64. The van der Waals surface area contributed by atoms with Crippen molar-refractivity contribution in [3.63, 3.8) is 0 Å². The molecule has 27 heavy (non-hydrogen) atoms. The fourth-order valence-electron chi connectivity index (χ4n) is 4.42. The first-order chi connectivity index (χ1) is 13.0. The zero-order valence-electron chi connectivity index (χ0n) is 15.9. The molecule has 0 bridgehead atoms. The number of sulfone groups is 1. The minimum Gasteiger partial charge on any atom is -0.384 e. The molecule has 4 rings (SSSR count). The molecule has 1 fully saturated rings. The zero-order chi connectivity index (χ0) is 18.9. The molecule has 0 spiro atoms. The van der Waals surface area contributed by atoms with Gasteiger partial charge in [0.2, 0.25) is 0 Å². The third-order valence-electron chi connectivity index (χ3n) is 6.08. The van der Waals surface area contributed by atoms with Gasteiger partial charge in [0.05, 0.1) is 10.6 Å². The van der Waals surface area contributed by atoms with Crippen LogP contribution >= 0.6 is 0 Å². The molecule has 2 aromatic rings. The fraction of sp³-hybridized carbons (Fsp3) is 0.455. The van der Waals surface area contributed by atoms with Gasteiger partial charge in [0.1, 0.15) is 0 Å². The van der Waals surface area contributed by atoms with E-state index in [1.807, 2.05) is 6.07 Å². The summed E-state index contributed by atoms with van der Waals surface area (Å²) in [5.41, 5.74) is 3.70. The van der Waals surface area contributed by atoms with E-state index in [4.69, 9.17) is 0 Å². The molecule has 2 aliphatic heterocycles. The van der Waals surface area contributed by atoms with Crippen LogP contribution in [0, 0.1) is 0 Å². The zero-order valence-corrected chi connectivity index (χ0v) is 16.7. The Morgan fingerprint density at radius 3 is 2.70 bits per heavy atom. The molecule has 2 heterocycles. The van der Waals surface area contributed by atoms with Gasteiger partial charge in [-0.15, -0.1) is 0 Å². The summed E-state index contributed by atoms with van der Waals surface area (Å²) in [6.07, 6.45) is 4.33. The maximum atomic E-state index is 12.6. The Labute approximate surface area is 162 Å². The number of aryl methyl sites for hydroxylation is 1. The lowest BCUT2D eigenvalue weighted by molar-refractivity contribution is 0.285. The van der Waals surface area contributed by atoms with Crippen molar-refractivity contribution in [2.24, 2.45) is 0 Å². The molecular formula is C22H28N2O2S. The maximum absolute atomic E-state index is 12.6. The summed E-state index contributed by atoms with van der Waals surface area (Å²) in [6.45, 7) is 2.19. The number of fused-ring (bicyclic) bond motifs is 1. The van der Waals surface area contributed by atoms with Crippen LogP contribution in [0.4, 0.5) is 5.69 Å². The van der Waals surface area contributed by atoms with Gasteiger partial charge in [0, 0.05) is 24.2 Å². The van der Waals surface area contributed by atoms with Crippen molar-refractivity contribution in [3.05, 3.63) is 59.7 Å². The first-order valence-electron chi connectivity index (χ1n) is 9.88. The minimum absolute atomic E-state index is 0.152. The first-order valence-corrected chi connectivity index (χ1v) is 11.5. The molecule has 1 N–H and O–H groups in total. The van der Waals surface area contributed by atoms with E-state index in [2.05, 4.69) is 35.5 Å². The van der Waals surface area contributed by atoms with Crippen LogP contribution in [0.15, 0.2) is 53.4 Å². The predicted molar refractivity (Wildman–Crippen MR) is 110 cm³/mol. The molecule has 4 nitrogen and oxygen atoms in total. The third kappa shape index (κ3) is 4.04. The smallest absolute Gasteiger partial charge is 0.178 e. The van der Waals surface area contributed by atoms with Crippen LogP contribution in [0.25, 0.3) is 0 Å². The van der Waals surface area contributed by atoms with Crippen molar-refractivity contribution in [2.45, 2.75) is 42.5 Å². The van der Waals surface area contributed by atoms with Gasteiger partial charge < -0.3 is 10.2 Å². The van der Waals surface area contributed by atoms with Crippen molar-refractivity contribution in [3.8, 4) is 0 Å². The number of hydrogen-bond acceptors (Lipinski definition) is 4. The average Bonchev–Trinajstić information content (AvgIpc) is 3.27. The SMILES string of the molecule is CN1CCC[C@@H]1CC1CNc2ccc(CCS(=O)(=O)c3ccccc3)cc21. The molecule has 5 heteroatoms. The highest BCUT2D eigenvalue weighted by atomic mass is 32.2. The van der Waals surface area contributed by atoms with Gasteiger partial charge in [-0.2, -0.15) is 0 Å². The minimum atomic E-state index is -3.23. The molecule has 1 saturated heterocycles. The largest absolute Gasteiger partial charge is 0.384 e. The topological polar surface area (TPSA) is 49.4 Å². The monoisotopic (exact) mass is 384 g/mol. The van der Waals surface area contributed by atoms with Gasteiger partial charge in [-0.3, -0.25) is 0 Å². The Balaban J connectivity index is 1.46. The number of anilines is 1. The van der Waals surface area contributed by atoms with Gasteiger partial charge in [0.15, 0.2) is 9.84 Å².